The van der Waals surface area contributed by atoms with E-state index in [-0.39, 0.29) is 30.1 Å². The molecule has 1 aliphatic rings. The van der Waals surface area contributed by atoms with Gasteiger partial charge in [-0.05, 0) is 18.2 Å². The molecule has 1 aromatic heterocycles. The summed E-state index contributed by atoms with van der Waals surface area (Å²) in [4.78, 5) is 38.9. The van der Waals surface area contributed by atoms with Gasteiger partial charge in [-0.2, -0.15) is 0 Å². The highest BCUT2D eigenvalue weighted by atomic mass is 16.2. The van der Waals surface area contributed by atoms with Crippen LogP contribution in [0, 0.1) is 5.92 Å². The molecule has 1 fully saturated rings. The lowest BCUT2D eigenvalue weighted by molar-refractivity contribution is -0.126. The van der Waals surface area contributed by atoms with Crippen LogP contribution in [0.5, 0.6) is 0 Å². The summed E-state index contributed by atoms with van der Waals surface area (Å²) < 4.78 is 1.92. The van der Waals surface area contributed by atoms with Crippen molar-refractivity contribution >= 4 is 34.3 Å². The van der Waals surface area contributed by atoms with Gasteiger partial charge in [0.25, 0.3) is 5.91 Å². The van der Waals surface area contributed by atoms with Gasteiger partial charge in [0.15, 0.2) is 0 Å². The molecule has 154 valence electrons. The van der Waals surface area contributed by atoms with Crippen LogP contribution < -0.4 is 15.5 Å². The molecular weight excluding hydrogens is 380 g/mol. The van der Waals surface area contributed by atoms with Crippen LogP contribution in [0.2, 0.25) is 0 Å². The van der Waals surface area contributed by atoms with Gasteiger partial charge < -0.3 is 20.1 Å². The maximum absolute atomic E-state index is 12.5. The van der Waals surface area contributed by atoms with Crippen molar-refractivity contribution in [3.63, 3.8) is 0 Å². The molecule has 7 heteroatoms. The molecule has 1 saturated heterocycles. The van der Waals surface area contributed by atoms with Gasteiger partial charge in [-0.3, -0.25) is 14.4 Å². The van der Waals surface area contributed by atoms with Crippen LogP contribution in [0.1, 0.15) is 16.8 Å². The Morgan fingerprint density at radius 3 is 2.50 bits per heavy atom. The minimum atomic E-state index is -0.383. The monoisotopic (exact) mass is 404 g/mol. The molecule has 2 heterocycles. The van der Waals surface area contributed by atoms with Crippen molar-refractivity contribution in [3.8, 4) is 0 Å². The van der Waals surface area contributed by atoms with E-state index >= 15 is 0 Å². The number of hydrogen-bond acceptors (Lipinski definition) is 3. The van der Waals surface area contributed by atoms with Gasteiger partial charge in [0, 0.05) is 55.9 Å². The number of carbonyl (C=O) groups excluding carboxylic acids is 3. The molecule has 0 saturated carbocycles. The quantitative estimate of drug-likeness (QED) is 0.617. The SMILES string of the molecule is Cn1cc(C(=O)NCCNC(=O)[C@@H]2CC(=O)N(c3ccccc3)C2)c2ccccc21. The molecular formula is C23H24N4O3. The first-order valence-electron chi connectivity index (χ1n) is 10.00. The molecule has 30 heavy (non-hydrogen) atoms. The third-order valence-electron chi connectivity index (χ3n) is 5.42. The second-order valence-corrected chi connectivity index (χ2v) is 7.46. The number of benzene rings is 2. The van der Waals surface area contributed by atoms with Gasteiger partial charge >= 0.3 is 0 Å². The van der Waals surface area contributed by atoms with Crippen LogP contribution in [0.4, 0.5) is 5.69 Å². The fourth-order valence-electron chi connectivity index (χ4n) is 3.86. The van der Waals surface area contributed by atoms with E-state index in [4.69, 9.17) is 0 Å². The third-order valence-corrected chi connectivity index (χ3v) is 5.42. The summed E-state index contributed by atoms with van der Waals surface area (Å²) >= 11 is 0. The van der Waals surface area contributed by atoms with Crippen molar-refractivity contribution in [3.05, 3.63) is 66.4 Å². The minimum Gasteiger partial charge on any atom is -0.354 e. The lowest BCUT2D eigenvalue weighted by atomic mass is 10.1. The summed E-state index contributed by atoms with van der Waals surface area (Å²) in [6.07, 6.45) is 2.00. The van der Waals surface area contributed by atoms with Gasteiger partial charge in [0.2, 0.25) is 11.8 Å². The van der Waals surface area contributed by atoms with Crippen molar-refractivity contribution in [1.29, 1.82) is 0 Å². The average Bonchev–Trinajstić information content (AvgIpc) is 3.32. The maximum atomic E-state index is 12.5. The van der Waals surface area contributed by atoms with E-state index in [0.29, 0.717) is 25.2 Å². The highest BCUT2D eigenvalue weighted by Crippen LogP contribution is 2.24. The first kappa shape index (κ1) is 19.7. The fourth-order valence-corrected chi connectivity index (χ4v) is 3.86. The lowest BCUT2D eigenvalue weighted by Crippen LogP contribution is -2.38. The van der Waals surface area contributed by atoms with Crippen molar-refractivity contribution in [1.82, 2.24) is 15.2 Å². The molecule has 1 atom stereocenters. The van der Waals surface area contributed by atoms with E-state index in [1.54, 1.807) is 11.1 Å². The highest BCUT2D eigenvalue weighted by molar-refractivity contribution is 6.07. The first-order chi connectivity index (χ1) is 14.5. The molecule has 1 aliphatic heterocycles. The maximum Gasteiger partial charge on any atom is 0.253 e. The number of nitrogens with one attached hydrogen (secondary N) is 2. The Morgan fingerprint density at radius 2 is 1.70 bits per heavy atom. The Bertz CT molecular complexity index is 1090. The zero-order valence-corrected chi connectivity index (χ0v) is 16.8. The Balaban J connectivity index is 1.27. The van der Waals surface area contributed by atoms with Crippen molar-refractivity contribution < 1.29 is 14.4 Å². The van der Waals surface area contributed by atoms with Crippen LogP contribution >= 0.6 is 0 Å². The Hall–Kier alpha value is -3.61. The number of rotatable bonds is 6. The van der Waals surface area contributed by atoms with E-state index in [9.17, 15) is 14.4 Å². The highest BCUT2D eigenvalue weighted by Gasteiger charge is 2.34. The third kappa shape index (κ3) is 3.91. The molecule has 0 spiro atoms. The van der Waals surface area contributed by atoms with E-state index in [2.05, 4.69) is 10.6 Å². The van der Waals surface area contributed by atoms with Crippen molar-refractivity contribution in [2.45, 2.75) is 6.42 Å². The number of anilines is 1. The van der Waals surface area contributed by atoms with Gasteiger partial charge in [-0.1, -0.05) is 36.4 Å². The number of aromatic nitrogens is 1. The topological polar surface area (TPSA) is 83.4 Å². The number of amides is 3. The number of hydrogen-bond donors (Lipinski definition) is 2. The Kier molecular flexibility index (Phi) is 5.52. The zero-order chi connectivity index (χ0) is 21.1. The second-order valence-electron chi connectivity index (χ2n) is 7.46. The molecule has 7 nitrogen and oxygen atoms in total. The molecule has 0 unspecified atom stereocenters. The van der Waals surface area contributed by atoms with E-state index in [0.717, 1.165) is 16.6 Å². The molecule has 0 radical (unpaired) electrons. The van der Waals surface area contributed by atoms with Crippen LogP contribution in [0.3, 0.4) is 0 Å². The fraction of sp³-hybridized carbons (Fsp3) is 0.261. The average molecular weight is 404 g/mol. The van der Waals surface area contributed by atoms with Crippen LogP contribution in [-0.4, -0.2) is 41.9 Å². The molecule has 3 aromatic rings. The predicted octanol–water partition coefficient (Wildman–Crippen LogP) is 2.08. The molecule has 0 bridgehead atoms. The summed E-state index contributed by atoms with van der Waals surface area (Å²) in [5.74, 6) is -0.773. The minimum absolute atomic E-state index is 0.0504. The molecule has 4 rings (SSSR count). The standard InChI is InChI=1S/C23H24N4O3/c1-26-15-19(18-9-5-6-10-20(18)26)23(30)25-12-11-24-22(29)16-13-21(28)27(14-16)17-7-3-2-4-8-17/h2-10,15-16H,11-14H2,1H3,(H,24,29)(H,25,30)/t16-/m1/s1. The van der Waals surface area contributed by atoms with Gasteiger partial charge in [-0.15, -0.1) is 0 Å². The van der Waals surface area contributed by atoms with Gasteiger partial charge in [0.05, 0.1) is 11.5 Å². The molecule has 3 amide bonds. The number of aryl methyl sites for hydroxylation is 1. The smallest absolute Gasteiger partial charge is 0.253 e. The molecule has 2 N–H and O–H groups in total. The zero-order valence-electron chi connectivity index (χ0n) is 16.8. The molecule has 2 aromatic carbocycles. The lowest BCUT2D eigenvalue weighted by Gasteiger charge is -2.16. The van der Waals surface area contributed by atoms with Crippen molar-refractivity contribution in [2.24, 2.45) is 13.0 Å². The largest absolute Gasteiger partial charge is 0.354 e. The predicted molar refractivity (Wildman–Crippen MR) is 115 cm³/mol. The summed E-state index contributed by atoms with van der Waals surface area (Å²) in [5, 5.41) is 6.57. The van der Waals surface area contributed by atoms with E-state index in [1.807, 2.05) is 66.2 Å². The summed E-state index contributed by atoms with van der Waals surface area (Å²) in [7, 11) is 1.90. The van der Waals surface area contributed by atoms with E-state index < -0.39 is 0 Å². The van der Waals surface area contributed by atoms with Crippen LogP contribution in [0.15, 0.2) is 60.8 Å². The van der Waals surface area contributed by atoms with E-state index in [1.165, 1.54) is 0 Å². The number of fused-ring (bicyclic) bond motifs is 1. The first-order valence-corrected chi connectivity index (χ1v) is 10.00. The van der Waals surface area contributed by atoms with Crippen LogP contribution in [0.25, 0.3) is 10.9 Å². The number of nitrogens with zero attached hydrogens (tertiary/aromatic N) is 2. The summed E-state index contributed by atoms with van der Waals surface area (Å²) in [5.41, 5.74) is 2.41. The summed E-state index contributed by atoms with van der Waals surface area (Å²) in [6, 6.07) is 17.1. The number of para-hydroxylation sites is 2. The Labute approximate surface area is 174 Å². The molecule has 0 aliphatic carbocycles. The van der Waals surface area contributed by atoms with Crippen LogP contribution in [-0.2, 0) is 16.6 Å². The Morgan fingerprint density at radius 1 is 1.00 bits per heavy atom. The normalized spacial score (nSPS) is 16.1. The number of carbonyl (C=O) groups is 3. The second kappa shape index (κ2) is 8.41. The van der Waals surface area contributed by atoms with Crippen molar-refractivity contribution in [2.75, 3.05) is 24.5 Å². The van der Waals surface area contributed by atoms with Gasteiger partial charge in [-0.25, -0.2) is 0 Å². The van der Waals surface area contributed by atoms with Gasteiger partial charge in [0.1, 0.15) is 0 Å². The summed E-state index contributed by atoms with van der Waals surface area (Å²) in [6.45, 7) is 0.999.